The molecule has 2 aromatic heterocycles. The van der Waals surface area contributed by atoms with Gasteiger partial charge in [-0.1, -0.05) is 11.3 Å². The van der Waals surface area contributed by atoms with Crippen LogP contribution in [-0.4, -0.2) is 50.9 Å². The molecule has 1 aliphatic heterocycles. The first kappa shape index (κ1) is 10.1. The van der Waals surface area contributed by atoms with E-state index in [0.29, 0.717) is 6.04 Å². The van der Waals surface area contributed by atoms with Crippen molar-refractivity contribution in [1.82, 2.24) is 30.0 Å². The summed E-state index contributed by atoms with van der Waals surface area (Å²) < 4.78 is 1.75. The number of hydrogen-bond acceptors (Lipinski definition) is 6. The Balaban J connectivity index is 1.83. The molecule has 7 heteroatoms. The van der Waals surface area contributed by atoms with Crippen molar-refractivity contribution in [3.8, 4) is 0 Å². The van der Waals surface area contributed by atoms with E-state index in [4.69, 9.17) is 0 Å². The van der Waals surface area contributed by atoms with Gasteiger partial charge in [0.15, 0.2) is 0 Å². The summed E-state index contributed by atoms with van der Waals surface area (Å²) in [5, 5.41) is 16.8. The average Bonchev–Trinajstić information content (AvgIpc) is 2.89. The molecule has 2 aromatic rings. The molecule has 0 aromatic carbocycles. The number of fused-ring (bicyclic) bond motifs is 1. The van der Waals surface area contributed by atoms with Crippen LogP contribution in [0, 0.1) is 0 Å². The van der Waals surface area contributed by atoms with Crippen LogP contribution in [0.2, 0.25) is 0 Å². The first-order valence-corrected chi connectivity index (χ1v) is 6.28. The van der Waals surface area contributed by atoms with Gasteiger partial charge in [0.05, 0.1) is 6.04 Å². The molecule has 1 N–H and O–H groups in total. The largest absolute Gasteiger partial charge is 0.314 e. The maximum absolute atomic E-state index is 4.50. The van der Waals surface area contributed by atoms with Gasteiger partial charge >= 0.3 is 0 Å². The topological polar surface area (TPSA) is 58.4 Å². The maximum Gasteiger partial charge on any atom is 0.234 e. The van der Waals surface area contributed by atoms with Gasteiger partial charge < -0.3 is 5.32 Å². The Hall–Kier alpha value is -1.05. The fourth-order valence-electron chi connectivity index (χ4n) is 1.97. The molecule has 3 rings (SSSR count). The third-order valence-electron chi connectivity index (χ3n) is 2.96. The van der Waals surface area contributed by atoms with Crippen molar-refractivity contribution in [1.29, 1.82) is 0 Å². The Kier molecular flexibility index (Phi) is 2.58. The normalized spacial score (nSPS) is 20.3. The fourth-order valence-corrected chi connectivity index (χ4v) is 2.87. The van der Waals surface area contributed by atoms with E-state index in [0.717, 1.165) is 36.1 Å². The van der Waals surface area contributed by atoms with Crippen molar-refractivity contribution in [3.63, 3.8) is 0 Å². The molecule has 0 aliphatic carbocycles. The molecule has 3 heterocycles. The van der Waals surface area contributed by atoms with Crippen LogP contribution in [-0.2, 0) is 0 Å². The lowest BCUT2D eigenvalue weighted by Crippen LogP contribution is -2.44. The molecule has 1 atom stereocenters. The van der Waals surface area contributed by atoms with Crippen LogP contribution < -0.4 is 5.32 Å². The first-order chi connectivity index (χ1) is 7.84. The second-order valence-corrected chi connectivity index (χ2v) is 4.95. The molecule has 0 radical (unpaired) electrons. The lowest BCUT2D eigenvalue weighted by molar-refractivity contribution is 0.184. The molecular formula is C9H14N6S. The van der Waals surface area contributed by atoms with Crippen molar-refractivity contribution >= 4 is 16.3 Å². The van der Waals surface area contributed by atoms with Crippen molar-refractivity contribution < 1.29 is 0 Å². The first-order valence-electron chi connectivity index (χ1n) is 5.46. The van der Waals surface area contributed by atoms with Crippen molar-refractivity contribution in [3.05, 3.63) is 11.3 Å². The lowest BCUT2D eigenvalue weighted by atomic mass is 10.2. The van der Waals surface area contributed by atoms with E-state index >= 15 is 0 Å². The number of rotatable bonds is 2. The quantitative estimate of drug-likeness (QED) is 0.807. The number of hydrogen-bond donors (Lipinski definition) is 1. The van der Waals surface area contributed by atoms with Crippen molar-refractivity contribution in [2.45, 2.75) is 13.0 Å². The Labute approximate surface area is 97.3 Å². The van der Waals surface area contributed by atoms with E-state index in [-0.39, 0.29) is 0 Å². The summed E-state index contributed by atoms with van der Waals surface area (Å²) in [7, 11) is 0. The van der Waals surface area contributed by atoms with E-state index < -0.39 is 0 Å². The Bertz CT molecular complexity index is 443. The van der Waals surface area contributed by atoms with E-state index in [1.807, 2.05) is 0 Å². The van der Waals surface area contributed by atoms with Gasteiger partial charge in [-0.2, -0.15) is 9.61 Å². The average molecular weight is 238 g/mol. The molecule has 1 aliphatic rings. The van der Waals surface area contributed by atoms with Gasteiger partial charge in [0, 0.05) is 26.2 Å². The van der Waals surface area contributed by atoms with Crippen molar-refractivity contribution in [2.24, 2.45) is 0 Å². The molecule has 86 valence electrons. The molecule has 1 unspecified atom stereocenters. The monoisotopic (exact) mass is 238 g/mol. The van der Waals surface area contributed by atoms with Crippen molar-refractivity contribution in [2.75, 3.05) is 26.2 Å². The van der Waals surface area contributed by atoms with Crippen LogP contribution >= 0.6 is 11.3 Å². The predicted molar refractivity (Wildman–Crippen MR) is 61.5 cm³/mol. The molecule has 6 nitrogen and oxygen atoms in total. The van der Waals surface area contributed by atoms with Crippen LogP contribution in [0.25, 0.3) is 4.96 Å². The fraction of sp³-hybridized carbons (Fsp3) is 0.667. The van der Waals surface area contributed by atoms with E-state index in [1.54, 1.807) is 22.2 Å². The third kappa shape index (κ3) is 1.70. The molecule has 1 saturated heterocycles. The van der Waals surface area contributed by atoms with Gasteiger partial charge in [-0.25, -0.2) is 0 Å². The molecule has 16 heavy (non-hydrogen) atoms. The summed E-state index contributed by atoms with van der Waals surface area (Å²) in [5.74, 6) is 0. The highest BCUT2D eigenvalue weighted by atomic mass is 32.1. The third-order valence-corrected chi connectivity index (χ3v) is 4.04. The van der Waals surface area contributed by atoms with E-state index in [1.165, 1.54) is 0 Å². The van der Waals surface area contributed by atoms with Crippen LogP contribution in [0.5, 0.6) is 0 Å². The second kappa shape index (κ2) is 4.08. The summed E-state index contributed by atoms with van der Waals surface area (Å²) in [5.41, 5.74) is 0. The number of nitrogens with zero attached hydrogens (tertiary/aromatic N) is 5. The highest BCUT2D eigenvalue weighted by Gasteiger charge is 2.21. The van der Waals surface area contributed by atoms with Gasteiger partial charge in [-0.3, -0.25) is 4.90 Å². The Morgan fingerprint density at radius 2 is 2.25 bits per heavy atom. The number of nitrogens with one attached hydrogen (secondary N) is 1. The molecule has 0 spiro atoms. The standard InChI is InChI=1S/C9H14N6S/c1-7(14-4-2-10-3-5-14)8-13-15-6-11-12-9(15)16-8/h6-7,10H,2-5H2,1H3. The maximum atomic E-state index is 4.50. The minimum atomic E-state index is 0.369. The minimum absolute atomic E-state index is 0.369. The second-order valence-electron chi connectivity index (χ2n) is 3.96. The number of piperazine rings is 1. The Morgan fingerprint density at radius 3 is 3.00 bits per heavy atom. The Morgan fingerprint density at radius 1 is 1.44 bits per heavy atom. The van der Waals surface area contributed by atoms with Gasteiger partial charge in [-0.15, -0.1) is 10.2 Å². The molecule has 0 bridgehead atoms. The van der Waals surface area contributed by atoms with E-state index in [9.17, 15) is 0 Å². The van der Waals surface area contributed by atoms with Gasteiger partial charge in [-0.05, 0) is 6.92 Å². The zero-order valence-corrected chi connectivity index (χ0v) is 9.94. The predicted octanol–water partition coefficient (Wildman–Crippen LogP) is 0.152. The minimum Gasteiger partial charge on any atom is -0.314 e. The lowest BCUT2D eigenvalue weighted by Gasteiger charge is -2.31. The summed E-state index contributed by atoms with van der Waals surface area (Å²) >= 11 is 1.62. The van der Waals surface area contributed by atoms with Gasteiger partial charge in [0.25, 0.3) is 0 Å². The van der Waals surface area contributed by atoms with Gasteiger partial charge in [0.1, 0.15) is 11.3 Å². The van der Waals surface area contributed by atoms with E-state index in [2.05, 4.69) is 32.4 Å². The van der Waals surface area contributed by atoms with Gasteiger partial charge in [0.2, 0.25) is 4.96 Å². The van der Waals surface area contributed by atoms with Crippen LogP contribution in [0.3, 0.4) is 0 Å². The zero-order chi connectivity index (χ0) is 11.0. The molecule has 1 fully saturated rings. The molecule has 0 amide bonds. The smallest absolute Gasteiger partial charge is 0.234 e. The molecule has 0 saturated carbocycles. The summed E-state index contributed by atoms with van der Waals surface area (Å²) in [6.45, 7) is 6.50. The molecular weight excluding hydrogens is 224 g/mol. The van der Waals surface area contributed by atoms with Crippen LogP contribution in [0.4, 0.5) is 0 Å². The highest BCUT2D eigenvalue weighted by Crippen LogP contribution is 2.24. The SMILES string of the molecule is CC(c1nn2cnnc2s1)N1CCNCC1. The highest BCUT2D eigenvalue weighted by molar-refractivity contribution is 7.16. The number of aromatic nitrogens is 4. The zero-order valence-electron chi connectivity index (χ0n) is 9.13. The summed E-state index contributed by atoms with van der Waals surface area (Å²) in [6.07, 6.45) is 1.65. The summed E-state index contributed by atoms with van der Waals surface area (Å²) in [4.78, 5) is 3.32. The van der Waals surface area contributed by atoms with Crippen LogP contribution in [0.15, 0.2) is 6.33 Å². The summed E-state index contributed by atoms with van der Waals surface area (Å²) in [6, 6.07) is 0.369. The van der Waals surface area contributed by atoms with Crippen LogP contribution in [0.1, 0.15) is 18.0 Å².